The molecule has 2 heterocycles. The van der Waals surface area contributed by atoms with Crippen LogP contribution in [0.2, 0.25) is 0 Å². The lowest BCUT2D eigenvalue weighted by Crippen LogP contribution is -2.27. The van der Waals surface area contributed by atoms with Gasteiger partial charge in [0.25, 0.3) is 5.56 Å². The number of fused-ring (bicyclic) bond motifs is 1. The van der Waals surface area contributed by atoms with Crippen molar-refractivity contribution < 1.29 is 23.8 Å². The van der Waals surface area contributed by atoms with Gasteiger partial charge in [-0.15, -0.1) is 0 Å². The summed E-state index contributed by atoms with van der Waals surface area (Å²) in [5.74, 6) is -1.72. The van der Waals surface area contributed by atoms with E-state index in [2.05, 4.69) is 0 Å². The van der Waals surface area contributed by atoms with Crippen LogP contribution in [0.15, 0.2) is 41.2 Å². The number of alkyl halides is 1. The van der Waals surface area contributed by atoms with E-state index < -0.39 is 18.2 Å². The highest BCUT2D eigenvalue weighted by molar-refractivity contribution is 6.01. The molecule has 152 valence electrons. The van der Waals surface area contributed by atoms with Gasteiger partial charge in [0.05, 0.1) is 12.1 Å². The number of carbonyl (C=O) groups excluding carboxylic acids is 1. The first-order valence-electron chi connectivity index (χ1n) is 9.16. The second kappa shape index (κ2) is 8.30. The molecular formula is C21H21FN2O5. The van der Waals surface area contributed by atoms with Crippen molar-refractivity contribution >= 4 is 22.7 Å². The molecule has 0 bridgehead atoms. The second-order valence-electron chi connectivity index (χ2n) is 6.51. The fraction of sp³-hybridized carbons (Fsp3) is 0.286. The topological polar surface area (TPSA) is 90.5 Å². The maximum atomic E-state index is 13.3. The number of aromatic carboxylic acids is 1. The van der Waals surface area contributed by atoms with Gasteiger partial charge in [0.15, 0.2) is 17.2 Å². The number of carboxylic acid groups (broad SMARTS) is 1. The average Bonchev–Trinajstić information content (AvgIpc) is 3.00. The van der Waals surface area contributed by atoms with Gasteiger partial charge < -0.3 is 19.0 Å². The third-order valence-electron chi connectivity index (χ3n) is 4.79. The van der Waals surface area contributed by atoms with E-state index in [4.69, 9.17) is 4.74 Å². The number of rotatable bonds is 8. The van der Waals surface area contributed by atoms with E-state index in [-0.39, 0.29) is 35.8 Å². The lowest BCUT2D eigenvalue weighted by molar-refractivity contribution is 0.0681. The average molecular weight is 400 g/mol. The van der Waals surface area contributed by atoms with Gasteiger partial charge in [-0.05, 0) is 12.5 Å². The van der Waals surface area contributed by atoms with Crippen LogP contribution in [0.1, 0.15) is 33.5 Å². The molecule has 3 rings (SSSR count). The number of carbonyl (C=O) groups is 2. The maximum absolute atomic E-state index is 13.3. The Morgan fingerprint density at radius 1 is 1.21 bits per heavy atom. The molecule has 0 aliphatic heterocycles. The second-order valence-corrected chi connectivity index (χ2v) is 6.51. The van der Waals surface area contributed by atoms with Crippen molar-refractivity contribution in [1.29, 1.82) is 0 Å². The van der Waals surface area contributed by atoms with Crippen molar-refractivity contribution in [3.63, 3.8) is 0 Å². The number of ether oxygens (including phenoxy) is 1. The normalized spacial score (nSPS) is 11.0. The Bertz CT molecular complexity index is 1130. The van der Waals surface area contributed by atoms with Crippen molar-refractivity contribution in [3.05, 3.63) is 63.7 Å². The van der Waals surface area contributed by atoms with E-state index in [1.807, 2.05) is 6.92 Å². The summed E-state index contributed by atoms with van der Waals surface area (Å²) in [6, 6.07) is 10.3. The fourth-order valence-electron chi connectivity index (χ4n) is 3.40. The molecular weight excluding hydrogens is 379 g/mol. The molecule has 0 spiro atoms. The first kappa shape index (κ1) is 20.3. The van der Waals surface area contributed by atoms with E-state index in [0.717, 1.165) is 0 Å². The van der Waals surface area contributed by atoms with Crippen LogP contribution < -0.4 is 10.3 Å². The molecule has 0 atom stereocenters. The number of nitrogens with zero attached hydrogens (tertiary/aromatic N) is 2. The first-order valence-corrected chi connectivity index (χ1v) is 9.16. The molecule has 0 radical (unpaired) electrons. The summed E-state index contributed by atoms with van der Waals surface area (Å²) in [6.45, 7) is 0.438. The number of Topliss-reactive ketones (excluding diaryl/α,β-unsaturated/α-hetero) is 1. The molecule has 8 heteroatoms. The highest BCUT2D eigenvalue weighted by Gasteiger charge is 2.26. The smallest absolute Gasteiger partial charge is 0.356 e. The summed E-state index contributed by atoms with van der Waals surface area (Å²) in [5.41, 5.74) is 0.637. The molecule has 3 aromatic rings. The van der Waals surface area contributed by atoms with Crippen LogP contribution in [0.25, 0.3) is 10.9 Å². The molecule has 0 aliphatic rings. The van der Waals surface area contributed by atoms with Gasteiger partial charge in [0.2, 0.25) is 0 Å². The minimum atomic E-state index is -1.29. The molecule has 2 aromatic heterocycles. The largest absolute Gasteiger partial charge is 0.487 e. The quantitative estimate of drug-likeness (QED) is 0.587. The number of halogens is 1. The van der Waals surface area contributed by atoms with E-state index in [1.165, 1.54) is 16.2 Å². The molecule has 0 aliphatic carbocycles. The number of pyridine rings is 1. The number of carboxylic acids is 1. The Morgan fingerprint density at radius 2 is 1.90 bits per heavy atom. The lowest BCUT2D eigenvalue weighted by Gasteiger charge is -2.12. The zero-order chi connectivity index (χ0) is 21.1. The van der Waals surface area contributed by atoms with Crippen molar-refractivity contribution in [1.82, 2.24) is 9.13 Å². The minimum absolute atomic E-state index is 0.0245. The van der Waals surface area contributed by atoms with Crippen molar-refractivity contribution in [2.75, 3.05) is 13.3 Å². The van der Waals surface area contributed by atoms with Crippen molar-refractivity contribution in [2.45, 2.75) is 19.9 Å². The molecule has 0 amide bonds. The molecule has 0 fully saturated rings. The lowest BCUT2D eigenvalue weighted by atomic mass is 10.1. The molecule has 0 saturated heterocycles. The van der Waals surface area contributed by atoms with Crippen LogP contribution in [0.3, 0.4) is 0 Å². The number of benzene rings is 1. The maximum Gasteiger partial charge on any atom is 0.356 e. The number of hydrogen-bond acceptors (Lipinski definition) is 4. The van der Waals surface area contributed by atoms with E-state index in [0.29, 0.717) is 23.2 Å². The molecule has 1 aromatic carbocycles. The highest BCUT2D eigenvalue weighted by Crippen LogP contribution is 2.31. The Morgan fingerprint density at radius 3 is 2.48 bits per heavy atom. The summed E-state index contributed by atoms with van der Waals surface area (Å²) >= 11 is 0. The monoisotopic (exact) mass is 400 g/mol. The Hall–Kier alpha value is -3.42. The number of ketones is 1. The van der Waals surface area contributed by atoms with Crippen molar-refractivity contribution in [2.24, 2.45) is 7.05 Å². The molecule has 29 heavy (non-hydrogen) atoms. The molecule has 0 saturated carbocycles. The third kappa shape index (κ3) is 3.65. The summed E-state index contributed by atoms with van der Waals surface area (Å²) in [5, 5.41) is 9.59. The Labute approximate surface area is 165 Å². The van der Waals surface area contributed by atoms with E-state index in [1.54, 1.807) is 36.4 Å². The van der Waals surface area contributed by atoms with Crippen LogP contribution in [-0.2, 0) is 20.0 Å². The van der Waals surface area contributed by atoms with Crippen LogP contribution in [0.5, 0.6) is 5.75 Å². The number of hydrogen-bond donors (Lipinski definition) is 1. The summed E-state index contributed by atoms with van der Waals surface area (Å²) in [6.07, 6.45) is 0.460. The fourth-order valence-corrected chi connectivity index (χ4v) is 3.40. The highest BCUT2D eigenvalue weighted by atomic mass is 19.1. The molecule has 0 unspecified atom stereocenters. The molecule has 7 nitrogen and oxygen atoms in total. The van der Waals surface area contributed by atoms with Gasteiger partial charge in [-0.1, -0.05) is 37.3 Å². The first-order chi connectivity index (χ1) is 13.9. The summed E-state index contributed by atoms with van der Waals surface area (Å²) in [4.78, 5) is 37.7. The third-order valence-corrected chi connectivity index (χ3v) is 4.79. The van der Waals surface area contributed by atoms with Gasteiger partial charge in [0, 0.05) is 18.3 Å². The van der Waals surface area contributed by atoms with Gasteiger partial charge in [-0.3, -0.25) is 9.59 Å². The number of aryl methyl sites for hydroxylation is 2. The van der Waals surface area contributed by atoms with E-state index in [9.17, 15) is 23.9 Å². The van der Waals surface area contributed by atoms with Crippen LogP contribution in [0, 0.1) is 0 Å². The Kier molecular flexibility index (Phi) is 5.81. The SMILES string of the molecule is CCc1cc2c(c(OCCF)c(C(=O)O)n2C)c(=O)n1CC(=O)c1ccccc1. The minimum Gasteiger partial charge on any atom is -0.487 e. The summed E-state index contributed by atoms with van der Waals surface area (Å²) in [7, 11) is 1.51. The zero-order valence-electron chi connectivity index (χ0n) is 16.1. The Balaban J connectivity index is 2.23. The molecule has 1 N–H and O–H groups in total. The zero-order valence-corrected chi connectivity index (χ0v) is 16.1. The van der Waals surface area contributed by atoms with Crippen molar-refractivity contribution in [3.8, 4) is 5.75 Å². The van der Waals surface area contributed by atoms with Gasteiger partial charge >= 0.3 is 5.97 Å². The summed E-state index contributed by atoms with van der Waals surface area (Å²) < 4.78 is 20.6. The van der Waals surface area contributed by atoms with Crippen LogP contribution >= 0.6 is 0 Å². The van der Waals surface area contributed by atoms with Gasteiger partial charge in [-0.25, -0.2) is 9.18 Å². The number of aromatic nitrogens is 2. The van der Waals surface area contributed by atoms with Gasteiger partial charge in [0.1, 0.15) is 18.7 Å². The predicted octanol–water partition coefficient (Wildman–Crippen LogP) is 2.83. The van der Waals surface area contributed by atoms with Crippen LogP contribution in [0.4, 0.5) is 4.39 Å². The predicted molar refractivity (Wildman–Crippen MR) is 106 cm³/mol. The standard InChI is InChI=1S/C21H21FN2O5/c1-3-14-11-15-17(19(29-10-9-22)18(21(27)28)23(15)2)20(26)24(14)12-16(25)13-7-5-4-6-8-13/h4-8,11H,3,9-10,12H2,1-2H3,(H,27,28). The van der Waals surface area contributed by atoms with E-state index >= 15 is 0 Å². The van der Waals surface area contributed by atoms with Gasteiger partial charge in [-0.2, -0.15) is 0 Å². The van der Waals surface area contributed by atoms with Crippen LogP contribution in [-0.4, -0.2) is 39.3 Å².